The van der Waals surface area contributed by atoms with Crippen molar-refractivity contribution in [3.63, 3.8) is 0 Å². The number of benzene rings is 2. The molecule has 1 atom stereocenters. The van der Waals surface area contributed by atoms with Crippen molar-refractivity contribution in [2.45, 2.75) is 23.8 Å². The van der Waals surface area contributed by atoms with Gasteiger partial charge in [-0.25, -0.2) is 4.98 Å². The van der Waals surface area contributed by atoms with Crippen LogP contribution in [0.5, 0.6) is 5.75 Å². The summed E-state index contributed by atoms with van der Waals surface area (Å²) in [5, 5.41) is 3.19. The zero-order valence-electron chi connectivity index (χ0n) is 19.6. The van der Waals surface area contributed by atoms with E-state index in [0.29, 0.717) is 37.3 Å². The van der Waals surface area contributed by atoms with Crippen LogP contribution in [0.2, 0.25) is 0 Å². The number of carbonyl (C=O) groups is 1. The number of hydrogen-bond donors (Lipinski definition) is 1. The van der Waals surface area contributed by atoms with E-state index in [1.807, 2.05) is 53.0 Å². The van der Waals surface area contributed by atoms with Crippen molar-refractivity contribution in [1.29, 1.82) is 0 Å². The molecule has 5 rings (SSSR count). The molecule has 2 aliphatic heterocycles. The third-order valence-corrected chi connectivity index (χ3v) is 7.96. The molecule has 0 aliphatic carbocycles. The number of amidine groups is 1. The molecule has 0 bridgehead atoms. The zero-order chi connectivity index (χ0) is 24.6. The van der Waals surface area contributed by atoms with Gasteiger partial charge in [0, 0.05) is 44.0 Å². The van der Waals surface area contributed by atoms with E-state index in [2.05, 4.69) is 14.7 Å². The first-order valence-corrected chi connectivity index (χ1v) is 12.9. The predicted octanol–water partition coefficient (Wildman–Crippen LogP) is 2.50. The van der Waals surface area contributed by atoms with Gasteiger partial charge in [0.15, 0.2) is 5.84 Å². The molecule has 182 valence electrons. The molecule has 1 unspecified atom stereocenters. The van der Waals surface area contributed by atoms with Crippen molar-refractivity contribution in [3.8, 4) is 5.75 Å². The van der Waals surface area contributed by atoms with Gasteiger partial charge in [0.2, 0.25) is 5.91 Å². The number of methoxy groups -OCH3 is 1. The Balaban J connectivity index is 1.30. The number of nitrogens with one attached hydrogen (secondary N) is 1. The molecule has 1 fully saturated rings. The van der Waals surface area contributed by atoms with Crippen LogP contribution in [0.1, 0.15) is 35.8 Å². The molecule has 2 aromatic carbocycles. The standard InChI is InChI=1S/C25H27N5O4S/c1-29-16-13-26-24(29)22(17-7-9-19(34-2)10-8-17)27-25(31)18-11-14-30(15-12-18)23-20-5-3-4-6-21(20)35(32,33)28-23/h3-10,13,16,18,22H,11-12,14-15H2,1-2H3,(H,27,31). The highest BCUT2D eigenvalue weighted by molar-refractivity contribution is 7.90. The number of imidazole rings is 1. The van der Waals surface area contributed by atoms with E-state index in [9.17, 15) is 13.2 Å². The Hall–Kier alpha value is -3.66. The summed E-state index contributed by atoms with van der Waals surface area (Å²) in [6.07, 6.45) is 4.77. The third-order valence-electron chi connectivity index (χ3n) is 6.63. The van der Waals surface area contributed by atoms with E-state index in [1.54, 1.807) is 31.5 Å². The lowest BCUT2D eigenvalue weighted by Crippen LogP contribution is -2.44. The monoisotopic (exact) mass is 493 g/mol. The highest BCUT2D eigenvalue weighted by Crippen LogP contribution is 2.30. The summed E-state index contributed by atoms with van der Waals surface area (Å²) in [4.78, 5) is 20.0. The lowest BCUT2D eigenvalue weighted by Gasteiger charge is -2.33. The van der Waals surface area contributed by atoms with Crippen LogP contribution in [0.25, 0.3) is 0 Å². The molecule has 35 heavy (non-hydrogen) atoms. The van der Waals surface area contributed by atoms with E-state index in [-0.39, 0.29) is 16.7 Å². The fraction of sp³-hybridized carbons (Fsp3) is 0.320. The maximum Gasteiger partial charge on any atom is 0.285 e. The van der Waals surface area contributed by atoms with Gasteiger partial charge in [0.25, 0.3) is 10.0 Å². The van der Waals surface area contributed by atoms with Crippen LogP contribution in [0, 0.1) is 5.92 Å². The Morgan fingerprint density at radius 1 is 1.11 bits per heavy atom. The lowest BCUT2D eigenvalue weighted by molar-refractivity contribution is -0.126. The first kappa shape index (κ1) is 23.1. The highest BCUT2D eigenvalue weighted by Gasteiger charge is 2.35. The zero-order valence-corrected chi connectivity index (χ0v) is 20.4. The van der Waals surface area contributed by atoms with Crippen molar-refractivity contribution in [3.05, 3.63) is 77.9 Å². The average Bonchev–Trinajstić information content (AvgIpc) is 3.43. The number of likely N-dealkylation sites (tertiary alicyclic amines) is 1. The fourth-order valence-corrected chi connectivity index (χ4v) is 5.91. The summed E-state index contributed by atoms with van der Waals surface area (Å²) in [7, 11) is -0.150. The van der Waals surface area contributed by atoms with Crippen LogP contribution < -0.4 is 10.1 Å². The van der Waals surface area contributed by atoms with Crippen LogP contribution in [-0.2, 0) is 21.9 Å². The number of ether oxygens (including phenoxy) is 1. The van der Waals surface area contributed by atoms with Gasteiger partial charge in [-0.3, -0.25) is 4.79 Å². The predicted molar refractivity (Wildman–Crippen MR) is 131 cm³/mol. The van der Waals surface area contributed by atoms with E-state index in [0.717, 1.165) is 17.1 Å². The minimum absolute atomic E-state index is 0.0464. The molecule has 10 heteroatoms. The summed E-state index contributed by atoms with van der Waals surface area (Å²) < 4.78 is 36.0. The van der Waals surface area contributed by atoms with Gasteiger partial charge >= 0.3 is 0 Å². The molecule has 0 spiro atoms. The Bertz CT molecular complexity index is 1370. The second-order valence-electron chi connectivity index (χ2n) is 8.76. The first-order valence-electron chi connectivity index (χ1n) is 11.5. The van der Waals surface area contributed by atoms with Gasteiger partial charge in [-0.1, -0.05) is 24.3 Å². The Morgan fingerprint density at radius 3 is 2.49 bits per heavy atom. The molecule has 3 aromatic rings. The largest absolute Gasteiger partial charge is 0.497 e. The van der Waals surface area contributed by atoms with Crippen molar-refractivity contribution >= 4 is 21.8 Å². The van der Waals surface area contributed by atoms with Crippen molar-refractivity contribution < 1.29 is 17.9 Å². The SMILES string of the molecule is COc1ccc(C(NC(=O)C2CCN(C3=NS(=O)(=O)c4ccccc43)CC2)c2nccn2C)cc1. The van der Waals surface area contributed by atoms with Crippen molar-refractivity contribution in [1.82, 2.24) is 19.8 Å². The van der Waals surface area contributed by atoms with Crippen LogP contribution in [0.3, 0.4) is 0 Å². The average molecular weight is 494 g/mol. The number of aromatic nitrogens is 2. The maximum absolute atomic E-state index is 13.3. The molecule has 3 heterocycles. The number of aryl methyl sites for hydroxylation is 1. The number of rotatable bonds is 5. The number of fused-ring (bicyclic) bond motifs is 1. The van der Waals surface area contributed by atoms with Crippen LogP contribution in [0.15, 0.2) is 70.2 Å². The Labute approximate surface area is 204 Å². The number of sulfonamides is 1. The molecule has 2 aliphatic rings. The Morgan fingerprint density at radius 2 is 1.83 bits per heavy atom. The summed E-state index contributed by atoms with van der Waals surface area (Å²) >= 11 is 0. The first-order chi connectivity index (χ1) is 16.9. The van der Waals surface area contributed by atoms with Crippen LogP contribution >= 0.6 is 0 Å². The van der Waals surface area contributed by atoms with Gasteiger partial charge in [-0.15, -0.1) is 4.40 Å². The van der Waals surface area contributed by atoms with Gasteiger partial charge in [0.05, 0.1) is 7.11 Å². The number of nitrogens with zero attached hydrogens (tertiary/aromatic N) is 4. The lowest BCUT2D eigenvalue weighted by atomic mass is 9.94. The second kappa shape index (κ2) is 9.18. The molecule has 1 N–H and O–H groups in total. The summed E-state index contributed by atoms with van der Waals surface area (Å²) in [6, 6.07) is 14.1. The summed E-state index contributed by atoms with van der Waals surface area (Å²) in [6.45, 7) is 1.10. The molecule has 1 saturated heterocycles. The van der Waals surface area contributed by atoms with Crippen LogP contribution in [0.4, 0.5) is 0 Å². The van der Waals surface area contributed by atoms with E-state index in [1.165, 1.54) is 0 Å². The van der Waals surface area contributed by atoms with E-state index in [4.69, 9.17) is 4.74 Å². The highest BCUT2D eigenvalue weighted by atomic mass is 32.2. The van der Waals surface area contributed by atoms with E-state index >= 15 is 0 Å². The molecule has 9 nitrogen and oxygen atoms in total. The van der Waals surface area contributed by atoms with Crippen LogP contribution in [-0.4, -0.2) is 54.8 Å². The molecular formula is C25H27N5O4S. The number of hydrogen-bond acceptors (Lipinski definition) is 6. The summed E-state index contributed by atoms with van der Waals surface area (Å²) in [5.74, 6) is 1.71. The molecule has 0 saturated carbocycles. The number of piperidine rings is 1. The summed E-state index contributed by atoms with van der Waals surface area (Å²) in [5.41, 5.74) is 1.54. The van der Waals surface area contributed by atoms with Gasteiger partial charge in [0.1, 0.15) is 22.5 Å². The molecule has 1 aromatic heterocycles. The number of amides is 1. The fourth-order valence-electron chi connectivity index (χ4n) is 4.68. The topological polar surface area (TPSA) is 106 Å². The normalized spacial score (nSPS) is 18.0. The van der Waals surface area contributed by atoms with E-state index < -0.39 is 16.1 Å². The van der Waals surface area contributed by atoms with Gasteiger partial charge < -0.3 is 19.5 Å². The molecule has 1 amide bonds. The third kappa shape index (κ3) is 4.41. The smallest absolute Gasteiger partial charge is 0.285 e. The minimum atomic E-state index is -3.67. The Kier molecular flexibility index (Phi) is 6.06. The molecule has 0 radical (unpaired) electrons. The molecular weight excluding hydrogens is 466 g/mol. The maximum atomic E-state index is 13.3. The van der Waals surface area contributed by atoms with Gasteiger partial charge in [-0.2, -0.15) is 8.42 Å². The van der Waals surface area contributed by atoms with Crippen molar-refractivity contribution in [2.75, 3.05) is 20.2 Å². The minimum Gasteiger partial charge on any atom is -0.497 e. The van der Waals surface area contributed by atoms with Gasteiger partial charge in [-0.05, 0) is 42.7 Å². The quantitative estimate of drug-likeness (QED) is 0.586. The number of carbonyl (C=O) groups excluding carboxylic acids is 1. The second-order valence-corrected chi connectivity index (χ2v) is 10.3. The van der Waals surface area contributed by atoms with Crippen molar-refractivity contribution in [2.24, 2.45) is 17.4 Å².